The van der Waals surface area contributed by atoms with Gasteiger partial charge in [0.05, 0.1) is 11.2 Å². The van der Waals surface area contributed by atoms with E-state index in [9.17, 15) is 9.90 Å². The number of carboxylic acid groups (broad SMARTS) is 1. The Morgan fingerprint density at radius 3 is 3.05 bits per heavy atom. The van der Waals surface area contributed by atoms with Crippen LogP contribution in [-0.2, 0) is 4.74 Å². The number of nitrogens with zero attached hydrogens (tertiary/aromatic N) is 1. The first-order chi connectivity index (χ1) is 10.2. The van der Waals surface area contributed by atoms with E-state index < -0.39 is 5.97 Å². The van der Waals surface area contributed by atoms with Gasteiger partial charge in [0.1, 0.15) is 5.03 Å². The van der Waals surface area contributed by atoms with Gasteiger partial charge in [-0.15, -0.1) is 11.8 Å². The topological polar surface area (TPSA) is 59.4 Å². The van der Waals surface area contributed by atoms with E-state index in [1.165, 1.54) is 11.5 Å². The van der Waals surface area contributed by atoms with Gasteiger partial charge in [0.25, 0.3) is 0 Å². The van der Waals surface area contributed by atoms with E-state index in [0.717, 1.165) is 32.3 Å². The number of hydrogen-bond donors (Lipinski definition) is 1. The molecule has 21 heavy (non-hydrogen) atoms. The molecular weight excluding hydrogens is 306 g/mol. The summed E-state index contributed by atoms with van der Waals surface area (Å²) in [7, 11) is 0. The molecular formula is C15H19NO3S2. The van der Waals surface area contributed by atoms with Crippen molar-refractivity contribution in [3.05, 3.63) is 23.9 Å². The van der Waals surface area contributed by atoms with Gasteiger partial charge in [-0.25, -0.2) is 9.78 Å². The minimum absolute atomic E-state index is 0.0271. The van der Waals surface area contributed by atoms with Gasteiger partial charge < -0.3 is 9.84 Å². The van der Waals surface area contributed by atoms with E-state index >= 15 is 0 Å². The molecule has 2 aliphatic heterocycles. The molecule has 2 aliphatic rings. The Hall–Kier alpha value is -0.720. The molecule has 3 heterocycles. The molecule has 0 saturated carbocycles. The molecule has 3 rings (SSSR count). The second kappa shape index (κ2) is 6.58. The maximum absolute atomic E-state index is 11.3. The molecule has 2 fully saturated rings. The fourth-order valence-electron chi connectivity index (χ4n) is 2.98. The zero-order chi connectivity index (χ0) is 14.7. The molecule has 1 N–H and O–H groups in total. The molecule has 1 aromatic rings. The maximum Gasteiger partial charge on any atom is 0.338 e. The Morgan fingerprint density at radius 1 is 1.48 bits per heavy atom. The minimum Gasteiger partial charge on any atom is -0.478 e. The first kappa shape index (κ1) is 15.2. The zero-order valence-corrected chi connectivity index (χ0v) is 13.4. The predicted molar refractivity (Wildman–Crippen MR) is 85.3 cm³/mol. The Morgan fingerprint density at radius 2 is 2.29 bits per heavy atom. The molecule has 0 aliphatic carbocycles. The van der Waals surface area contributed by atoms with Crippen molar-refractivity contribution in [2.45, 2.75) is 41.6 Å². The fraction of sp³-hybridized carbons (Fsp3) is 0.600. The summed E-state index contributed by atoms with van der Waals surface area (Å²) in [5.74, 6) is 1.43. The quantitative estimate of drug-likeness (QED) is 0.920. The third-order valence-electron chi connectivity index (χ3n) is 4.13. The SMILES string of the molecule is O=C(O)c1cccnc1SC1CCOC2(CCSCC2)C1. The maximum atomic E-state index is 11.3. The van der Waals surface area contributed by atoms with Gasteiger partial charge in [0.2, 0.25) is 0 Å². The highest BCUT2D eigenvalue weighted by atomic mass is 32.2. The van der Waals surface area contributed by atoms with Crippen LogP contribution in [0.5, 0.6) is 0 Å². The average Bonchev–Trinajstić information content (AvgIpc) is 2.48. The van der Waals surface area contributed by atoms with Gasteiger partial charge in [-0.1, -0.05) is 0 Å². The number of hydrogen-bond acceptors (Lipinski definition) is 5. The van der Waals surface area contributed by atoms with Crippen LogP contribution in [0.3, 0.4) is 0 Å². The number of aromatic carboxylic acids is 1. The van der Waals surface area contributed by atoms with Crippen LogP contribution in [0.4, 0.5) is 0 Å². The fourth-order valence-corrected chi connectivity index (χ4v) is 5.54. The Kier molecular flexibility index (Phi) is 4.76. The lowest BCUT2D eigenvalue weighted by Crippen LogP contribution is -2.43. The zero-order valence-electron chi connectivity index (χ0n) is 11.8. The number of rotatable bonds is 3. The standard InChI is InChI=1S/C15H19NO3S2/c17-14(18)12-2-1-6-16-13(12)21-11-3-7-19-15(10-11)4-8-20-9-5-15/h1-2,6,11H,3-5,7-10H2,(H,17,18). The summed E-state index contributed by atoms with van der Waals surface area (Å²) in [6.45, 7) is 0.775. The molecule has 1 unspecified atom stereocenters. The predicted octanol–water partition coefficient (Wildman–Crippen LogP) is 3.32. The lowest BCUT2D eigenvalue weighted by molar-refractivity contribution is -0.0805. The van der Waals surface area contributed by atoms with Crippen LogP contribution in [-0.4, -0.2) is 45.0 Å². The number of aromatic nitrogens is 1. The van der Waals surface area contributed by atoms with E-state index in [4.69, 9.17) is 4.74 Å². The molecule has 4 nitrogen and oxygen atoms in total. The van der Waals surface area contributed by atoms with Crippen molar-refractivity contribution in [3.8, 4) is 0 Å². The molecule has 2 saturated heterocycles. The molecule has 1 atom stereocenters. The van der Waals surface area contributed by atoms with Crippen molar-refractivity contribution in [1.82, 2.24) is 4.98 Å². The summed E-state index contributed by atoms with van der Waals surface area (Å²) in [5, 5.41) is 10.3. The van der Waals surface area contributed by atoms with Gasteiger partial charge in [-0.2, -0.15) is 11.8 Å². The van der Waals surface area contributed by atoms with Gasteiger partial charge in [-0.3, -0.25) is 0 Å². The summed E-state index contributed by atoms with van der Waals surface area (Å²) in [4.78, 5) is 15.5. The van der Waals surface area contributed by atoms with Crippen molar-refractivity contribution in [3.63, 3.8) is 0 Å². The van der Waals surface area contributed by atoms with Crippen LogP contribution in [0.25, 0.3) is 0 Å². The first-order valence-electron chi connectivity index (χ1n) is 7.25. The summed E-state index contributed by atoms with van der Waals surface area (Å²) in [6, 6.07) is 3.31. The molecule has 0 amide bonds. The highest BCUT2D eigenvalue weighted by Gasteiger charge is 2.39. The van der Waals surface area contributed by atoms with Crippen LogP contribution in [0.2, 0.25) is 0 Å². The normalized spacial score (nSPS) is 24.9. The van der Waals surface area contributed by atoms with Gasteiger partial charge in [-0.05, 0) is 49.3 Å². The largest absolute Gasteiger partial charge is 0.478 e. The van der Waals surface area contributed by atoms with Crippen LogP contribution in [0.1, 0.15) is 36.0 Å². The number of pyridine rings is 1. The molecule has 0 radical (unpaired) electrons. The molecule has 0 bridgehead atoms. The van der Waals surface area contributed by atoms with Crippen LogP contribution in [0, 0.1) is 0 Å². The second-order valence-electron chi connectivity index (χ2n) is 5.54. The van der Waals surface area contributed by atoms with Crippen molar-refractivity contribution in [1.29, 1.82) is 0 Å². The van der Waals surface area contributed by atoms with Crippen molar-refractivity contribution >= 4 is 29.5 Å². The molecule has 114 valence electrons. The highest BCUT2D eigenvalue weighted by molar-refractivity contribution is 8.00. The van der Waals surface area contributed by atoms with E-state index in [-0.39, 0.29) is 5.60 Å². The van der Waals surface area contributed by atoms with E-state index in [0.29, 0.717) is 15.8 Å². The van der Waals surface area contributed by atoms with Crippen LogP contribution >= 0.6 is 23.5 Å². The summed E-state index contributed by atoms with van der Waals surface area (Å²) in [5.41, 5.74) is 0.335. The van der Waals surface area contributed by atoms with Gasteiger partial charge >= 0.3 is 5.97 Å². The first-order valence-corrected chi connectivity index (χ1v) is 9.29. The number of carbonyl (C=O) groups is 1. The summed E-state index contributed by atoms with van der Waals surface area (Å²) < 4.78 is 6.09. The van der Waals surface area contributed by atoms with E-state index in [1.807, 2.05) is 11.8 Å². The monoisotopic (exact) mass is 325 g/mol. The van der Waals surface area contributed by atoms with E-state index in [1.54, 1.807) is 30.1 Å². The summed E-state index contributed by atoms with van der Waals surface area (Å²) >= 11 is 3.61. The van der Waals surface area contributed by atoms with Gasteiger partial charge in [0, 0.05) is 18.1 Å². The molecule has 0 aromatic carbocycles. The average molecular weight is 325 g/mol. The molecule has 1 aromatic heterocycles. The van der Waals surface area contributed by atoms with Crippen molar-refractivity contribution < 1.29 is 14.6 Å². The summed E-state index contributed by atoms with van der Waals surface area (Å²) in [6.07, 6.45) is 5.87. The third kappa shape index (κ3) is 3.55. The Bertz CT molecular complexity index is 512. The Labute approximate surface area is 133 Å². The molecule has 1 spiro atoms. The Balaban J connectivity index is 1.71. The van der Waals surface area contributed by atoms with Crippen LogP contribution < -0.4 is 0 Å². The lowest BCUT2D eigenvalue weighted by atomic mass is 9.88. The van der Waals surface area contributed by atoms with E-state index in [2.05, 4.69) is 4.98 Å². The number of ether oxygens (including phenoxy) is 1. The number of carboxylic acids is 1. The highest BCUT2D eigenvalue weighted by Crippen LogP contribution is 2.42. The van der Waals surface area contributed by atoms with Crippen molar-refractivity contribution in [2.75, 3.05) is 18.1 Å². The smallest absolute Gasteiger partial charge is 0.338 e. The third-order valence-corrected chi connectivity index (χ3v) is 6.40. The second-order valence-corrected chi connectivity index (χ2v) is 8.05. The van der Waals surface area contributed by atoms with Crippen molar-refractivity contribution in [2.24, 2.45) is 0 Å². The lowest BCUT2D eigenvalue weighted by Gasteiger charge is -2.43. The minimum atomic E-state index is -0.901. The van der Waals surface area contributed by atoms with Gasteiger partial charge in [0.15, 0.2) is 0 Å². The molecule has 6 heteroatoms. The number of thioether (sulfide) groups is 2. The van der Waals surface area contributed by atoms with Crippen LogP contribution in [0.15, 0.2) is 23.4 Å².